The van der Waals surface area contributed by atoms with Crippen molar-refractivity contribution in [3.63, 3.8) is 0 Å². The molecule has 1 saturated heterocycles. The van der Waals surface area contributed by atoms with Crippen molar-refractivity contribution in [1.29, 1.82) is 0 Å². The first-order valence-corrected chi connectivity index (χ1v) is 10.7. The Bertz CT molecular complexity index is 1190. The summed E-state index contributed by atoms with van der Waals surface area (Å²) in [7, 11) is 2.00. The third kappa shape index (κ3) is 3.39. The summed E-state index contributed by atoms with van der Waals surface area (Å²) in [6.45, 7) is 2.79. The van der Waals surface area contributed by atoms with Crippen LogP contribution in [-0.4, -0.2) is 46.7 Å². The summed E-state index contributed by atoms with van der Waals surface area (Å²) in [6.07, 6.45) is 3.97. The van der Waals surface area contributed by atoms with Gasteiger partial charge in [-0.25, -0.2) is 4.39 Å². The first-order chi connectivity index (χ1) is 14.6. The van der Waals surface area contributed by atoms with Gasteiger partial charge >= 0.3 is 0 Å². The molecule has 0 unspecified atom stereocenters. The molecule has 7 heteroatoms. The zero-order chi connectivity index (χ0) is 20.7. The van der Waals surface area contributed by atoms with Gasteiger partial charge in [0.1, 0.15) is 5.82 Å². The first-order valence-electron chi connectivity index (χ1n) is 9.91. The van der Waals surface area contributed by atoms with Crippen LogP contribution in [0.25, 0.3) is 17.0 Å². The van der Waals surface area contributed by atoms with Crippen LogP contribution in [0.2, 0.25) is 0 Å². The molecule has 5 nitrogen and oxygen atoms in total. The molecule has 1 amide bonds. The molecule has 0 aliphatic carbocycles. The number of nitrogens with zero attached hydrogens (tertiary/aromatic N) is 4. The van der Waals surface area contributed by atoms with Gasteiger partial charge in [-0.1, -0.05) is 30.3 Å². The third-order valence-electron chi connectivity index (χ3n) is 5.57. The lowest BCUT2D eigenvalue weighted by Gasteiger charge is -2.36. The summed E-state index contributed by atoms with van der Waals surface area (Å²) in [4.78, 5) is 21.6. The van der Waals surface area contributed by atoms with Crippen molar-refractivity contribution in [2.75, 3.05) is 31.1 Å². The molecule has 0 N–H and O–H groups in total. The van der Waals surface area contributed by atoms with E-state index in [4.69, 9.17) is 0 Å². The minimum absolute atomic E-state index is 0.195. The third-order valence-corrected chi connectivity index (χ3v) is 6.61. The lowest BCUT2D eigenvalue weighted by atomic mass is 10.1. The van der Waals surface area contributed by atoms with E-state index in [0.29, 0.717) is 36.8 Å². The number of carbonyl (C=O) groups is 1. The molecular weight excluding hydrogens is 399 g/mol. The maximum absolute atomic E-state index is 14.1. The predicted molar refractivity (Wildman–Crippen MR) is 121 cm³/mol. The Balaban J connectivity index is 1.30. The van der Waals surface area contributed by atoms with E-state index < -0.39 is 0 Å². The number of amides is 1. The molecule has 3 aromatic rings. The second-order valence-electron chi connectivity index (χ2n) is 7.45. The van der Waals surface area contributed by atoms with E-state index in [1.54, 1.807) is 12.1 Å². The van der Waals surface area contributed by atoms with Crippen LogP contribution in [0.15, 0.2) is 64.6 Å². The molecule has 0 atom stereocenters. The van der Waals surface area contributed by atoms with Gasteiger partial charge in [-0.3, -0.25) is 4.79 Å². The summed E-state index contributed by atoms with van der Waals surface area (Å²) in [5, 5.41) is 1.85. The maximum atomic E-state index is 14.1. The molecule has 30 heavy (non-hydrogen) atoms. The monoisotopic (exact) mass is 420 g/mol. The number of anilines is 1. The number of piperazine rings is 1. The van der Waals surface area contributed by atoms with Crippen molar-refractivity contribution in [2.24, 2.45) is 12.0 Å². The van der Waals surface area contributed by atoms with E-state index in [1.165, 1.54) is 17.8 Å². The highest BCUT2D eigenvalue weighted by Gasteiger charge is 2.29. The Labute approximate surface area is 178 Å². The van der Waals surface area contributed by atoms with Gasteiger partial charge in [-0.15, -0.1) is 0 Å². The van der Waals surface area contributed by atoms with Crippen LogP contribution in [0.3, 0.4) is 0 Å². The first kappa shape index (κ1) is 18.9. The summed E-state index contributed by atoms with van der Waals surface area (Å²) in [5.74, 6) is -0.395. The molecule has 1 aromatic heterocycles. The predicted octanol–water partition coefficient (Wildman–Crippen LogP) is 4.11. The minimum atomic E-state index is -0.200. The Kier molecular flexibility index (Phi) is 4.83. The van der Waals surface area contributed by atoms with Crippen LogP contribution in [0, 0.1) is 5.82 Å². The van der Waals surface area contributed by atoms with Gasteiger partial charge in [0, 0.05) is 55.9 Å². The smallest absolute Gasteiger partial charge is 0.286 e. The number of thioether (sulfide) groups is 1. The van der Waals surface area contributed by atoms with Crippen molar-refractivity contribution in [3.05, 3.63) is 71.0 Å². The van der Waals surface area contributed by atoms with Gasteiger partial charge in [-0.05, 0) is 36.0 Å². The molecular formula is C23H21FN4OS. The maximum Gasteiger partial charge on any atom is 0.286 e. The average molecular weight is 421 g/mol. The zero-order valence-electron chi connectivity index (χ0n) is 16.6. The van der Waals surface area contributed by atoms with E-state index in [2.05, 4.69) is 26.6 Å². The fraction of sp³-hybridized carbons (Fsp3) is 0.217. The molecule has 0 radical (unpaired) electrons. The van der Waals surface area contributed by atoms with Gasteiger partial charge in [0.15, 0.2) is 5.17 Å². The molecule has 2 aromatic carbocycles. The summed E-state index contributed by atoms with van der Waals surface area (Å²) in [5.41, 5.74) is 2.78. The number of benzene rings is 2. The van der Waals surface area contributed by atoms with E-state index in [9.17, 15) is 9.18 Å². The van der Waals surface area contributed by atoms with Crippen LogP contribution in [-0.2, 0) is 11.8 Å². The number of carbonyl (C=O) groups excluding carboxylic acids is 1. The number of aryl methyl sites for hydroxylation is 1. The lowest BCUT2D eigenvalue weighted by Crippen LogP contribution is -2.48. The Morgan fingerprint density at radius 3 is 2.50 bits per heavy atom. The topological polar surface area (TPSA) is 40.8 Å². The van der Waals surface area contributed by atoms with Crippen LogP contribution in [0.5, 0.6) is 0 Å². The van der Waals surface area contributed by atoms with Gasteiger partial charge in [0.25, 0.3) is 5.91 Å². The highest BCUT2D eigenvalue weighted by molar-refractivity contribution is 8.18. The minimum Gasteiger partial charge on any atom is -0.366 e. The standard InChI is InChI=1S/C23H21FN4OS/c1-26-15-16(17-6-2-4-8-19(17)26)14-21-22(29)25-23(30-21)28-12-10-27(11-13-28)20-9-5-3-7-18(20)24/h2-9,14-15H,10-13H2,1H3/b21-14-. The van der Waals surface area contributed by atoms with Crippen LogP contribution < -0.4 is 4.90 Å². The van der Waals surface area contributed by atoms with Crippen molar-refractivity contribution in [2.45, 2.75) is 0 Å². The van der Waals surface area contributed by atoms with Gasteiger partial charge in [0.2, 0.25) is 0 Å². The van der Waals surface area contributed by atoms with Gasteiger partial charge in [-0.2, -0.15) is 4.99 Å². The zero-order valence-corrected chi connectivity index (χ0v) is 17.4. The van der Waals surface area contributed by atoms with Crippen molar-refractivity contribution in [1.82, 2.24) is 9.47 Å². The molecule has 0 bridgehead atoms. The summed E-state index contributed by atoms with van der Waals surface area (Å²) < 4.78 is 16.1. The average Bonchev–Trinajstić information content (AvgIpc) is 3.29. The quantitative estimate of drug-likeness (QED) is 0.585. The number of halogens is 1. The van der Waals surface area contributed by atoms with E-state index in [0.717, 1.165) is 21.6 Å². The van der Waals surface area contributed by atoms with Crippen molar-refractivity contribution in [3.8, 4) is 0 Å². The second kappa shape index (κ2) is 7.65. The number of rotatable bonds is 2. The Hall–Kier alpha value is -3.06. The lowest BCUT2D eigenvalue weighted by molar-refractivity contribution is -0.113. The fourth-order valence-electron chi connectivity index (χ4n) is 4.01. The Morgan fingerprint density at radius 1 is 1.00 bits per heavy atom. The number of aromatic nitrogens is 1. The molecule has 2 aliphatic rings. The SMILES string of the molecule is Cn1cc(/C=C2\SC(N3CCN(c4ccccc4F)CC3)=NC2=O)c2ccccc21. The molecule has 3 heterocycles. The number of amidine groups is 1. The summed E-state index contributed by atoms with van der Waals surface area (Å²) >= 11 is 1.42. The number of hydrogen-bond donors (Lipinski definition) is 0. The second-order valence-corrected chi connectivity index (χ2v) is 8.46. The molecule has 0 saturated carbocycles. The number of para-hydroxylation sites is 2. The molecule has 2 aliphatic heterocycles. The number of hydrogen-bond acceptors (Lipinski definition) is 4. The van der Waals surface area contributed by atoms with E-state index in [-0.39, 0.29) is 11.7 Å². The normalized spacial score (nSPS) is 18.5. The van der Waals surface area contributed by atoms with Gasteiger partial charge < -0.3 is 14.4 Å². The van der Waals surface area contributed by atoms with Crippen molar-refractivity contribution >= 4 is 45.5 Å². The van der Waals surface area contributed by atoms with Crippen molar-refractivity contribution < 1.29 is 9.18 Å². The number of aliphatic imine (C=N–C) groups is 1. The molecule has 1 fully saturated rings. The molecule has 152 valence electrons. The van der Waals surface area contributed by atoms with E-state index >= 15 is 0 Å². The van der Waals surface area contributed by atoms with Crippen LogP contribution in [0.4, 0.5) is 10.1 Å². The highest BCUT2D eigenvalue weighted by Crippen LogP contribution is 2.33. The van der Waals surface area contributed by atoms with Crippen LogP contribution in [0.1, 0.15) is 5.56 Å². The molecule has 0 spiro atoms. The van der Waals surface area contributed by atoms with Crippen LogP contribution >= 0.6 is 11.8 Å². The van der Waals surface area contributed by atoms with Gasteiger partial charge in [0.05, 0.1) is 10.6 Å². The fourth-order valence-corrected chi connectivity index (χ4v) is 4.97. The number of fused-ring (bicyclic) bond motifs is 1. The highest BCUT2D eigenvalue weighted by atomic mass is 32.2. The van der Waals surface area contributed by atoms with E-state index in [1.807, 2.05) is 42.4 Å². The summed E-state index contributed by atoms with van der Waals surface area (Å²) in [6, 6.07) is 15.0. The Morgan fingerprint density at radius 2 is 1.70 bits per heavy atom. The largest absolute Gasteiger partial charge is 0.366 e. The molecule has 5 rings (SSSR count).